The van der Waals surface area contributed by atoms with Crippen LogP contribution in [0, 0.1) is 6.92 Å². The van der Waals surface area contributed by atoms with Crippen molar-refractivity contribution in [3.63, 3.8) is 0 Å². The Morgan fingerprint density at radius 1 is 1.40 bits per heavy atom. The molecule has 1 amide bonds. The lowest BCUT2D eigenvalue weighted by Crippen LogP contribution is -2.34. The number of aromatic hydroxyl groups is 1. The van der Waals surface area contributed by atoms with Gasteiger partial charge in [-0.05, 0) is 38.1 Å². The zero-order valence-corrected chi connectivity index (χ0v) is 12.3. The van der Waals surface area contributed by atoms with E-state index < -0.39 is 0 Å². The van der Waals surface area contributed by atoms with Gasteiger partial charge in [0.25, 0.3) is 5.91 Å². The molecule has 2 rings (SSSR count). The SMILES string of the molecule is Cc1ccc(CC(C)NC(=O)c2cccc(N)c2O)s1. The minimum absolute atomic E-state index is 0.0126. The first kappa shape index (κ1) is 14.4. The molecule has 0 fully saturated rings. The molecular weight excluding hydrogens is 272 g/mol. The number of phenols is 1. The van der Waals surface area contributed by atoms with Gasteiger partial charge in [-0.3, -0.25) is 4.79 Å². The van der Waals surface area contributed by atoms with E-state index in [0.717, 1.165) is 6.42 Å². The molecule has 0 spiro atoms. The fraction of sp³-hybridized carbons (Fsp3) is 0.267. The minimum atomic E-state index is -0.310. The third-order valence-corrected chi connectivity index (χ3v) is 4.02. The number of hydrogen-bond acceptors (Lipinski definition) is 4. The Bertz CT molecular complexity index is 622. The first-order valence-electron chi connectivity index (χ1n) is 6.41. The van der Waals surface area contributed by atoms with Crippen LogP contribution in [-0.4, -0.2) is 17.1 Å². The van der Waals surface area contributed by atoms with Gasteiger partial charge in [0.15, 0.2) is 5.75 Å². The van der Waals surface area contributed by atoms with E-state index in [-0.39, 0.29) is 28.9 Å². The zero-order valence-electron chi connectivity index (χ0n) is 11.5. The fourth-order valence-electron chi connectivity index (χ4n) is 1.99. The lowest BCUT2D eigenvalue weighted by molar-refractivity contribution is 0.0937. The molecule has 106 valence electrons. The number of nitrogens with two attached hydrogens (primary N) is 1. The third-order valence-electron chi connectivity index (χ3n) is 2.99. The predicted octanol–water partition coefficient (Wildman–Crippen LogP) is 2.71. The highest BCUT2D eigenvalue weighted by atomic mass is 32.1. The molecule has 20 heavy (non-hydrogen) atoms. The average molecular weight is 290 g/mol. The quantitative estimate of drug-likeness (QED) is 0.598. The summed E-state index contributed by atoms with van der Waals surface area (Å²) in [6.45, 7) is 4.00. The summed E-state index contributed by atoms with van der Waals surface area (Å²) in [4.78, 5) is 14.6. The molecule has 0 radical (unpaired) electrons. The van der Waals surface area contributed by atoms with E-state index in [9.17, 15) is 9.90 Å². The minimum Gasteiger partial charge on any atom is -0.505 e. The predicted molar refractivity (Wildman–Crippen MR) is 82.2 cm³/mol. The van der Waals surface area contributed by atoms with Crippen LogP contribution in [0.4, 0.5) is 5.69 Å². The van der Waals surface area contributed by atoms with E-state index in [0.29, 0.717) is 0 Å². The van der Waals surface area contributed by atoms with Crippen LogP contribution in [0.25, 0.3) is 0 Å². The van der Waals surface area contributed by atoms with Crippen LogP contribution in [0.15, 0.2) is 30.3 Å². The molecule has 4 nitrogen and oxygen atoms in total. The first-order valence-corrected chi connectivity index (χ1v) is 7.22. The van der Waals surface area contributed by atoms with Gasteiger partial charge in [0.2, 0.25) is 0 Å². The van der Waals surface area contributed by atoms with E-state index >= 15 is 0 Å². The summed E-state index contributed by atoms with van der Waals surface area (Å²) in [7, 11) is 0. The van der Waals surface area contributed by atoms with Crippen LogP contribution in [0.5, 0.6) is 5.75 Å². The molecular formula is C15H18N2O2S. The molecule has 1 heterocycles. The number of nitrogens with one attached hydrogen (secondary N) is 1. The van der Waals surface area contributed by atoms with Crippen LogP contribution >= 0.6 is 11.3 Å². The smallest absolute Gasteiger partial charge is 0.255 e. The highest BCUT2D eigenvalue weighted by molar-refractivity contribution is 7.11. The Morgan fingerprint density at radius 2 is 2.15 bits per heavy atom. The van der Waals surface area contributed by atoms with Crippen molar-refractivity contribution >= 4 is 22.9 Å². The third kappa shape index (κ3) is 3.30. The maximum absolute atomic E-state index is 12.1. The lowest BCUT2D eigenvalue weighted by Gasteiger charge is -2.14. The van der Waals surface area contributed by atoms with Gasteiger partial charge in [-0.2, -0.15) is 0 Å². The summed E-state index contributed by atoms with van der Waals surface area (Å²) in [5.41, 5.74) is 6.00. The Morgan fingerprint density at radius 3 is 2.80 bits per heavy atom. The Balaban J connectivity index is 2.02. The second kappa shape index (κ2) is 5.96. The van der Waals surface area contributed by atoms with E-state index in [1.165, 1.54) is 9.75 Å². The summed E-state index contributed by atoms with van der Waals surface area (Å²) in [6.07, 6.45) is 0.771. The second-order valence-corrected chi connectivity index (χ2v) is 6.21. The number of aryl methyl sites for hydroxylation is 1. The maximum Gasteiger partial charge on any atom is 0.255 e. The van der Waals surface area contributed by atoms with E-state index in [1.54, 1.807) is 29.5 Å². The lowest BCUT2D eigenvalue weighted by atomic mass is 10.1. The molecule has 1 aromatic carbocycles. The van der Waals surface area contributed by atoms with Crippen molar-refractivity contribution in [1.29, 1.82) is 0 Å². The molecule has 5 heteroatoms. The van der Waals surface area contributed by atoms with Crippen molar-refractivity contribution in [2.24, 2.45) is 0 Å². The molecule has 2 aromatic rings. The van der Waals surface area contributed by atoms with Gasteiger partial charge >= 0.3 is 0 Å². The second-order valence-electron chi connectivity index (χ2n) is 4.83. The molecule has 1 aromatic heterocycles. The molecule has 0 saturated carbocycles. The van der Waals surface area contributed by atoms with Crippen LogP contribution in [0.1, 0.15) is 27.0 Å². The van der Waals surface area contributed by atoms with Gasteiger partial charge < -0.3 is 16.2 Å². The Labute approximate surface area is 122 Å². The van der Waals surface area contributed by atoms with E-state index in [4.69, 9.17) is 5.73 Å². The molecule has 1 unspecified atom stereocenters. The van der Waals surface area contributed by atoms with Crippen molar-refractivity contribution in [3.05, 3.63) is 45.6 Å². The molecule has 0 aliphatic carbocycles. The number of anilines is 1. The van der Waals surface area contributed by atoms with Crippen molar-refractivity contribution in [3.8, 4) is 5.75 Å². The number of carbonyl (C=O) groups excluding carboxylic acids is 1. The van der Waals surface area contributed by atoms with Crippen LogP contribution < -0.4 is 11.1 Å². The normalized spacial score (nSPS) is 12.1. The number of benzene rings is 1. The molecule has 1 atom stereocenters. The van der Waals surface area contributed by atoms with E-state index in [1.807, 2.05) is 6.92 Å². The molecule has 0 bridgehead atoms. The average Bonchev–Trinajstić information content (AvgIpc) is 2.77. The summed E-state index contributed by atoms with van der Waals surface area (Å²) in [6, 6.07) is 8.89. The molecule has 0 aliphatic heterocycles. The first-order chi connectivity index (χ1) is 9.47. The van der Waals surface area contributed by atoms with Crippen molar-refractivity contribution in [1.82, 2.24) is 5.32 Å². The number of thiophene rings is 1. The van der Waals surface area contributed by atoms with Gasteiger partial charge in [0.05, 0.1) is 11.3 Å². The number of phenolic OH excluding ortho intramolecular Hbond substituents is 1. The van der Waals surface area contributed by atoms with Gasteiger partial charge in [-0.1, -0.05) is 6.07 Å². The summed E-state index contributed by atoms with van der Waals surface area (Å²) in [5.74, 6) is -0.472. The highest BCUT2D eigenvalue weighted by Crippen LogP contribution is 2.24. The van der Waals surface area contributed by atoms with Gasteiger partial charge in [-0.15, -0.1) is 11.3 Å². The standard InChI is InChI=1S/C15H18N2O2S/c1-9(8-11-7-6-10(2)20-11)17-15(19)12-4-3-5-13(16)14(12)18/h3-7,9,18H,8,16H2,1-2H3,(H,17,19). The molecule has 4 N–H and O–H groups in total. The summed E-state index contributed by atoms with van der Waals surface area (Å²) >= 11 is 1.72. The Kier molecular flexibility index (Phi) is 4.29. The van der Waals surface area contributed by atoms with Crippen LogP contribution in [0.3, 0.4) is 0 Å². The van der Waals surface area contributed by atoms with E-state index in [2.05, 4.69) is 24.4 Å². The number of carbonyl (C=O) groups is 1. The maximum atomic E-state index is 12.1. The number of rotatable bonds is 4. The number of para-hydroxylation sites is 1. The van der Waals surface area contributed by atoms with Crippen molar-refractivity contribution in [2.45, 2.75) is 26.3 Å². The number of amides is 1. The highest BCUT2D eigenvalue weighted by Gasteiger charge is 2.15. The topological polar surface area (TPSA) is 75.4 Å². The summed E-state index contributed by atoms with van der Waals surface area (Å²) < 4.78 is 0. The van der Waals surface area contributed by atoms with Gasteiger partial charge in [0, 0.05) is 22.2 Å². The van der Waals surface area contributed by atoms with Gasteiger partial charge in [0.1, 0.15) is 0 Å². The van der Waals surface area contributed by atoms with Crippen LogP contribution in [0.2, 0.25) is 0 Å². The summed E-state index contributed by atoms with van der Waals surface area (Å²) in [5, 5.41) is 12.7. The number of hydrogen-bond donors (Lipinski definition) is 3. The zero-order chi connectivity index (χ0) is 14.7. The Hall–Kier alpha value is -2.01. The van der Waals surface area contributed by atoms with Gasteiger partial charge in [-0.25, -0.2) is 0 Å². The molecule has 0 saturated heterocycles. The largest absolute Gasteiger partial charge is 0.505 e. The fourth-order valence-corrected chi connectivity index (χ4v) is 3.01. The number of nitrogen functional groups attached to an aromatic ring is 1. The monoisotopic (exact) mass is 290 g/mol. The van der Waals surface area contributed by atoms with Crippen molar-refractivity contribution in [2.75, 3.05) is 5.73 Å². The van der Waals surface area contributed by atoms with Crippen molar-refractivity contribution < 1.29 is 9.90 Å². The molecule has 0 aliphatic rings. The van der Waals surface area contributed by atoms with Crippen LogP contribution in [-0.2, 0) is 6.42 Å².